The largest absolute Gasteiger partial charge is 0.475 e. The van der Waals surface area contributed by atoms with E-state index < -0.39 is 11.6 Å². The summed E-state index contributed by atoms with van der Waals surface area (Å²) in [5, 5.41) is 3.77. The number of aromatic amines is 1. The van der Waals surface area contributed by atoms with Crippen LogP contribution in [0.25, 0.3) is 33.6 Å². The van der Waals surface area contributed by atoms with Crippen molar-refractivity contribution >= 4 is 0 Å². The first-order chi connectivity index (χ1) is 19.7. The van der Waals surface area contributed by atoms with E-state index in [1.165, 1.54) is 10.6 Å². The van der Waals surface area contributed by atoms with Crippen LogP contribution in [0.3, 0.4) is 0 Å². The maximum absolute atomic E-state index is 15.6. The topological polar surface area (TPSA) is 116 Å². The summed E-state index contributed by atoms with van der Waals surface area (Å²) >= 11 is 0. The molecule has 3 aromatic heterocycles. The van der Waals surface area contributed by atoms with E-state index in [4.69, 9.17) is 9.72 Å². The maximum Gasteiger partial charge on any atom is 0.439 e. The van der Waals surface area contributed by atoms with Crippen molar-refractivity contribution in [3.63, 3.8) is 0 Å². The number of hydrogen-bond acceptors (Lipinski definition) is 7. The van der Waals surface area contributed by atoms with Gasteiger partial charge in [-0.05, 0) is 50.5 Å². The normalized spacial score (nSPS) is 11.3. The van der Waals surface area contributed by atoms with Gasteiger partial charge in [-0.2, -0.15) is 0 Å². The summed E-state index contributed by atoms with van der Waals surface area (Å²) in [4.78, 5) is 37.0. The van der Waals surface area contributed by atoms with Crippen LogP contribution in [-0.2, 0) is 13.0 Å². The van der Waals surface area contributed by atoms with Gasteiger partial charge in [-0.25, -0.2) is 19.2 Å². The average Bonchev–Trinajstić information content (AvgIpc) is 3.38. The second-order valence-electron chi connectivity index (χ2n) is 9.98. The number of benzene rings is 2. The molecule has 41 heavy (non-hydrogen) atoms. The van der Waals surface area contributed by atoms with Crippen LogP contribution in [0.4, 0.5) is 4.39 Å². The predicted octanol–water partition coefficient (Wildman–Crippen LogP) is 5.55. The highest BCUT2D eigenvalue weighted by Gasteiger charge is 2.19. The molecule has 0 amide bonds. The first kappa shape index (κ1) is 27.7. The molecule has 1 N–H and O–H groups in total. The lowest BCUT2D eigenvalue weighted by Crippen LogP contribution is -2.28. The SMILES string of the molecule is CCCc1nc(C)c(-c2ccc(OC(C)C)nc2)c(=O)n1Cc1ccc(-c2ccccc2-c2noc(=O)[nH]2)cc1F. The van der Waals surface area contributed by atoms with Gasteiger partial charge in [0.05, 0.1) is 23.9 Å². The molecule has 0 saturated carbocycles. The van der Waals surface area contributed by atoms with Gasteiger partial charge in [0, 0.05) is 35.4 Å². The summed E-state index contributed by atoms with van der Waals surface area (Å²) in [6.07, 6.45) is 2.92. The highest BCUT2D eigenvalue weighted by atomic mass is 19.1. The summed E-state index contributed by atoms with van der Waals surface area (Å²) in [5.41, 5.74) is 3.56. The van der Waals surface area contributed by atoms with Crippen molar-refractivity contribution < 1.29 is 13.7 Å². The van der Waals surface area contributed by atoms with Crippen LogP contribution in [0.5, 0.6) is 5.88 Å². The number of ether oxygens (including phenoxy) is 1. The molecule has 10 heteroatoms. The number of nitrogens with zero attached hydrogens (tertiary/aromatic N) is 4. The Morgan fingerprint density at radius 2 is 1.80 bits per heavy atom. The van der Waals surface area contributed by atoms with Crippen LogP contribution >= 0.6 is 0 Å². The number of pyridine rings is 1. The molecule has 5 aromatic rings. The summed E-state index contributed by atoms with van der Waals surface area (Å²) in [5.74, 6) is 0.166. The minimum Gasteiger partial charge on any atom is -0.475 e. The Morgan fingerprint density at radius 1 is 1.05 bits per heavy atom. The van der Waals surface area contributed by atoms with Crippen LogP contribution in [0.1, 0.15) is 44.3 Å². The molecule has 0 saturated heterocycles. The van der Waals surface area contributed by atoms with Gasteiger partial charge in [-0.3, -0.25) is 18.9 Å². The Bertz CT molecular complexity index is 1810. The summed E-state index contributed by atoms with van der Waals surface area (Å²) in [7, 11) is 0. The van der Waals surface area contributed by atoms with Crippen molar-refractivity contribution in [1.29, 1.82) is 0 Å². The van der Waals surface area contributed by atoms with Gasteiger partial charge in [0.15, 0.2) is 5.82 Å². The monoisotopic (exact) mass is 555 g/mol. The molecule has 2 aromatic carbocycles. The number of H-pyrrole nitrogens is 1. The fourth-order valence-electron chi connectivity index (χ4n) is 4.77. The van der Waals surface area contributed by atoms with E-state index in [2.05, 4.69) is 19.6 Å². The van der Waals surface area contributed by atoms with Crippen LogP contribution < -0.4 is 16.1 Å². The molecule has 0 atom stereocenters. The average molecular weight is 556 g/mol. The van der Waals surface area contributed by atoms with Gasteiger partial charge in [0.2, 0.25) is 5.88 Å². The third kappa shape index (κ3) is 5.86. The van der Waals surface area contributed by atoms with E-state index >= 15 is 4.39 Å². The fourth-order valence-corrected chi connectivity index (χ4v) is 4.77. The van der Waals surface area contributed by atoms with Crippen molar-refractivity contribution in [2.24, 2.45) is 0 Å². The van der Waals surface area contributed by atoms with Crippen molar-refractivity contribution in [3.05, 3.63) is 105 Å². The van der Waals surface area contributed by atoms with Gasteiger partial charge in [0.25, 0.3) is 5.56 Å². The number of rotatable bonds is 9. The lowest BCUT2D eigenvalue weighted by atomic mass is 9.98. The second kappa shape index (κ2) is 11.7. The molecular weight excluding hydrogens is 525 g/mol. The zero-order chi connectivity index (χ0) is 29.1. The second-order valence-corrected chi connectivity index (χ2v) is 9.98. The third-order valence-electron chi connectivity index (χ3n) is 6.60. The summed E-state index contributed by atoms with van der Waals surface area (Å²) < 4.78 is 27.4. The van der Waals surface area contributed by atoms with Crippen LogP contribution in [0, 0.1) is 12.7 Å². The molecule has 3 heterocycles. The lowest BCUT2D eigenvalue weighted by Gasteiger charge is -2.17. The van der Waals surface area contributed by atoms with E-state index in [0.29, 0.717) is 57.2 Å². The van der Waals surface area contributed by atoms with Crippen molar-refractivity contribution in [2.45, 2.75) is 53.2 Å². The molecule has 0 bridgehead atoms. The molecule has 0 aliphatic heterocycles. The number of aryl methyl sites for hydroxylation is 2. The Labute approximate surface area is 235 Å². The fraction of sp³-hybridized carbons (Fsp3) is 0.258. The molecule has 0 spiro atoms. The quantitative estimate of drug-likeness (QED) is 0.253. The molecule has 0 unspecified atom stereocenters. The van der Waals surface area contributed by atoms with Crippen molar-refractivity contribution in [3.8, 4) is 39.5 Å². The lowest BCUT2D eigenvalue weighted by molar-refractivity contribution is 0.232. The molecule has 5 rings (SSSR count). The van der Waals surface area contributed by atoms with E-state index in [9.17, 15) is 9.59 Å². The van der Waals surface area contributed by atoms with Gasteiger partial charge < -0.3 is 4.74 Å². The Kier molecular flexibility index (Phi) is 7.91. The summed E-state index contributed by atoms with van der Waals surface area (Å²) in [6, 6.07) is 15.5. The molecule has 0 radical (unpaired) electrons. The number of aromatic nitrogens is 5. The van der Waals surface area contributed by atoms with E-state index in [-0.39, 0.29) is 24.0 Å². The summed E-state index contributed by atoms with van der Waals surface area (Å²) in [6.45, 7) is 7.65. The molecule has 9 nitrogen and oxygen atoms in total. The van der Waals surface area contributed by atoms with Crippen LogP contribution in [0.2, 0.25) is 0 Å². The minimum absolute atomic E-state index is 0.0147. The smallest absolute Gasteiger partial charge is 0.439 e. The molecule has 0 fully saturated rings. The number of nitrogens with one attached hydrogen (secondary N) is 1. The first-order valence-corrected chi connectivity index (χ1v) is 13.4. The maximum atomic E-state index is 15.6. The number of hydrogen-bond donors (Lipinski definition) is 1. The molecule has 0 aliphatic carbocycles. The van der Waals surface area contributed by atoms with Crippen molar-refractivity contribution in [2.75, 3.05) is 0 Å². The van der Waals surface area contributed by atoms with Gasteiger partial charge >= 0.3 is 5.76 Å². The Hall–Kier alpha value is -4.86. The van der Waals surface area contributed by atoms with Crippen LogP contribution in [0.15, 0.2) is 74.9 Å². The molecule has 0 aliphatic rings. The number of halogens is 1. The standard InChI is InChI=1S/C31H30FN5O4/c1-5-8-26-34-19(4)28(21-13-14-27(33-16-21)40-18(2)3)30(38)37(26)17-22-12-11-20(15-25(22)32)23-9-6-7-10-24(23)29-35-31(39)41-36-29/h6-7,9-16,18H,5,8,17H2,1-4H3,(H,35,36,39). The minimum atomic E-state index is -0.675. The van der Waals surface area contributed by atoms with Gasteiger partial charge in [-0.1, -0.05) is 48.5 Å². The first-order valence-electron chi connectivity index (χ1n) is 13.4. The molecular formula is C31H30FN5O4. The third-order valence-corrected chi connectivity index (χ3v) is 6.60. The van der Waals surface area contributed by atoms with Crippen LogP contribution in [-0.4, -0.2) is 30.8 Å². The van der Waals surface area contributed by atoms with E-state index in [1.807, 2.05) is 32.9 Å². The van der Waals surface area contributed by atoms with E-state index in [1.54, 1.807) is 49.5 Å². The zero-order valence-electron chi connectivity index (χ0n) is 23.3. The van der Waals surface area contributed by atoms with Gasteiger partial charge in [0.1, 0.15) is 11.6 Å². The zero-order valence-corrected chi connectivity index (χ0v) is 23.3. The highest BCUT2D eigenvalue weighted by molar-refractivity contribution is 5.80. The van der Waals surface area contributed by atoms with Crippen molar-refractivity contribution in [1.82, 2.24) is 24.7 Å². The predicted molar refractivity (Wildman–Crippen MR) is 153 cm³/mol. The Morgan fingerprint density at radius 3 is 2.44 bits per heavy atom. The van der Waals surface area contributed by atoms with E-state index in [0.717, 1.165) is 6.42 Å². The van der Waals surface area contributed by atoms with Gasteiger partial charge in [-0.15, -0.1) is 0 Å². The molecule has 210 valence electrons. The Balaban J connectivity index is 1.52. The highest BCUT2D eigenvalue weighted by Crippen LogP contribution is 2.31.